The zero-order valence-corrected chi connectivity index (χ0v) is 21.9. The van der Waals surface area contributed by atoms with Crippen molar-refractivity contribution in [3.63, 3.8) is 0 Å². The highest BCUT2D eigenvalue weighted by Gasteiger charge is 2.34. The third-order valence-corrected chi connectivity index (χ3v) is 8.51. The smallest absolute Gasteiger partial charge is 0.253 e. The quantitative estimate of drug-likeness (QED) is 0.264. The van der Waals surface area contributed by atoms with E-state index in [4.69, 9.17) is 0 Å². The molecule has 0 fully saturated rings. The van der Waals surface area contributed by atoms with Gasteiger partial charge in [0.05, 0.1) is 30.1 Å². The molecule has 4 rings (SSSR count). The van der Waals surface area contributed by atoms with Crippen LogP contribution in [0.4, 0.5) is 13.2 Å². The summed E-state index contributed by atoms with van der Waals surface area (Å²) in [4.78, 5) is 12.4. The molecule has 4 aromatic rings. The van der Waals surface area contributed by atoms with Gasteiger partial charge in [-0.1, -0.05) is 36.4 Å². The number of aliphatic hydroxyl groups excluding tert-OH is 1. The molecule has 2 aromatic carbocycles. The number of amides is 1. The van der Waals surface area contributed by atoms with Crippen LogP contribution in [-0.4, -0.2) is 52.6 Å². The number of hydrogen-bond donors (Lipinski definition) is 2. The first kappa shape index (κ1) is 28.4. The van der Waals surface area contributed by atoms with Crippen LogP contribution in [0.15, 0.2) is 83.3 Å². The maximum absolute atomic E-state index is 14.6. The molecule has 0 aliphatic heterocycles. The number of benzene rings is 2. The monoisotopic (exact) mass is 576 g/mol. The van der Waals surface area contributed by atoms with Gasteiger partial charge in [-0.25, -0.2) is 21.6 Å². The van der Waals surface area contributed by atoms with Crippen molar-refractivity contribution in [1.29, 1.82) is 0 Å². The second-order valence-corrected chi connectivity index (χ2v) is 11.5. The molecule has 0 aliphatic rings. The molecule has 0 radical (unpaired) electrons. The molecule has 204 valence electrons. The Morgan fingerprint density at radius 2 is 1.74 bits per heavy atom. The SMILES string of the molecule is O=C(N[C@@H](Cc1ccccc1)[C@H](O)CN(Cc1cccs1)S(=O)(=O)c1cc(F)c(F)cc1F)c1ccnnc1. The molecular formula is C26H23F3N4O4S2. The Balaban J connectivity index is 1.66. The Morgan fingerprint density at radius 1 is 1.00 bits per heavy atom. The minimum Gasteiger partial charge on any atom is -0.390 e. The minimum absolute atomic E-state index is 0.124. The van der Waals surface area contributed by atoms with E-state index in [9.17, 15) is 31.5 Å². The third kappa shape index (κ3) is 7.06. The van der Waals surface area contributed by atoms with E-state index in [-0.39, 0.29) is 30.7 Å². The van der Waals surface area contributed by atoms with Gasteiger partial charge in [0.2, 0.25) is 10.0 Å². The number of nitrogens with zero attached hydrogens (tertiary/aromatic N) is 3. The molecule has 2 atom stereocenters. The molecule has 2 aromatic heterocycles. The van der Waals surface area contributed by atoms with Crippen LogP contribution in [0, 0.1) is 17.5 Å². The van der Waals surface area contributed by atoms with Crippen molar-refractivity contribution in [3.05, 3.63) is 112 Å². The highest BCUT2D eigenvalue weighted by molar-refractivity contribution is 7.89. The minimum atomic E-state index is -4.76. The summed E-state index contributed by atoms with van der Waals surface area (Å²) in [5.41, 5.74) is 0.913. The summed E-state index contributed by atoms with van der Waals surface area (Å²) in [6, 6.07) is 13.1. The summed E-state index contributed by atoms with van der Waals surface area (Å²) in [5.74, 6) is -5.12. The van der Waals surface area contributed by atoms with Crippen LogP contribution in [0.25, 0.3) is 0 Å². The lowest BCUT2D eigenvalue weighted by atomic mass is 10.0. The molecule has 39 heavy (non-hydrogen) atoms. The highest BCUT2D eigenvalue weighted by atomic mass is 32.2. The van der Waals surface area contributed by atoms with Gasteiger partial charge in [0.1, 0.15) is 10.7 Å². The van der Waals surface area contributed by atoms with Crippen molar-refractivity contribution in [3.8, 4) is 0 Å². The lowest BCUT2D eigenvalue weighted by Gasteiger charge is -2.30. The molecule has 2 N–H and O–H groups in total. The average molecular weight is 577 g/mol. The Kier molecular flexibility index (Phi) is 9.07. The van der Waals surface area contributed by atoms with E-state index >= 15 is 0 Å². The van der Waals surface area contributed by atoms with Crippen LogP contribution in [0.2, 0.25) is 0 Å². The lowest BCUT2D eigenvalue weighted by Crippen LogP contribution is -2.50. The number of sulfonamides is 1. The summed E-state index contributed by atoms with van der Waals surface area (Å²) in [6.07, 6.45) is 1.19. The summed E-state index contributed by atoms with van der Waals surface area (Å²) in [5, 5.41) is 23.0. The van der Waals surface area contributed by atoms with Gasteiger partial charge in [-0.3, -0.25) is 4.79 Å². The zero-order chi connectivity index (χ0) is 28.0. The number of halogens is 3. The number of carbonyl (C=O) groups is 1. The first-order valence-corrected chi connectivity index (χ1v) is 13.9. The number of nitrogens with one attached hydrogen (secondary N) is 1. The second kappa shape index (κ2) is 12.5. The van der Waals surface area contributed by atoms with Gasteiger partial charge in [-0.2, -0.15) is 14.5 Å². The molecule has 0 spiro atoms. The maximum atomic E-state index is 14.6. The summed E-state index contributed by atoms with van der Waals surface area (Å²) in [7, 11) is -4.76. The van der Waals surface area contributed by atoms with Gasteiger partial charge in [0.25, 0.3) is 5.91 Å². The van der Waals surface area contributed by atoms with Crippen molar-refractivity contribution in [2.45, 2.75) is 30.0 Å². The van der Waals surface area contributed by atoms with Crippen molar-refractivity contribution in [2.75, 3.05) is 6.54 Å². The second-order valence-electron chi connectivity index (χ2n) is 8.54. The number of carbonyl (C=O) groups excluding carboxylic acids is 1. The Bertz CT molecular complexity index is 1510. The van der Waals surface area contributed by atoms with Crippen molar-refractivity contribution >= 4 is 27.3 Å². The van der Waals surface area contributed by atoms with Gasteiger partial charge in [0.15, 0.2) is 11.6 Å². The molecule has 8 nitrogen and oxygen atoms in total. The highest BCUT2D eigenvalue weighted by Crippen LogP contribution is 2.26. The van der Waals surface area contributed by atoms with Crippen LogP contribution in [0.1, 0.15) is 20.8 Å². The van der Waals surface area contributed by atoms with E-state index in [1.807, 2.05) is 0 Å². The fourth-order valence-electron chi connectivity index (χ4n) is 3.83. The van der Waals surface area contributed by atoms with E-state index in [1.165, 1.54) is 29.8 Å². The van der Waals surface area contributed by atoms with Crippen LogP contribution >= 0.6 is 11.3 Å². The Morgan fingerprint density at radius 3 is 2.41 bits per heavy atom. The molecule has 2 heterocycles. The van der Waals surface area contributed by atoms with Crippen LogP contribution < -0.4 is 5.32 Å². The Labute approximate surface area is 226 Å². The summed E-state index contributed by atoms with van der Waals surface area (Å²) >= 11 is 1.22. The zero-order valence-electron chi connectivity index (χ0n) is 20.2. The van der Waals surface area contributed by atoms with Gasteiger partial charge in [-0.15, -0.1) is 11.3 Å². The molecule has 0 saturated carbocycles. The normalized spacial score (nSPS) is 13.3. The Hall–Kier alpha value is -3.65. The molecule has 0 aliphatic carbocycles. The maximum Gasteiger partial charge on any atom is 0.253 e. The van der Waals surface area contributed by atoms with Crippen molar-refractivity contribution in [1.82, 2.24) is 19.8 Å². The molecule has 0 saturated heterocycles. The first-order chi connectivity index (χ1) is 18.6. The molecular weight excluding hydrogens is 553 g/mol. The topological polar surface area (TPSA) is 112 Å². The van der Waals surface area contributed by atoms with E-state index in [0.717, 1.165) is 9.87 Å². The fraction of sp³-hybridized carbons (Fsp3) is 0.192. The summed E-state index contributed by atoms with van der Waals surface area (Å²) in [6.45, 7) is -0.874. The molecule has 0 unspecified atom stereocenters. The fourth-order valence-corrected chi connectivity index (χ4v) is 6.12. The van der Waals surface area contributed by atoms with Crippen molar-refractivity contribution < 1.29 is 31.5 Å². The number of aliphatic hydroxyl groups is 1. The standard InChI is InChI=1S/C26H23F3N4O4S2/c27-20-12-22(29)25(13-21(20)28)39(36,37)33(15-19-7-4-10-38-19)16-24(34)23(11-17-5-2-1-3-6-17)32-26(35)18-8-9-30-31-14-18/h1-10,12-14,23-24,34H,11,15-16H2,(H,32,35)/t23-,24+/m0/s1. The average Bonchev–Trinajstić information content (AvgIpc) is 3.44. The van der Waals surface area contributed by atoms with Gasteiger partial charge in [0, 0.05) is 24.0 Å². The van der Waals surface area contributed by atoms with Crippen molar-refractivity contribution in [2.24, 2.45) is 0 Å². The van der Waals surface area contributed by atoms with Gasteiger partial charge < -0.3 is 10.4 Å². The lowest BCUT2D eigenvalue weighted by molar-refractivity contribution is 0.0778. The van der Waals surface area contributed by atoms with E-state index < -0.39 is 57.0 Å². The number of hydrogen-bond acceptors (Lipinski definition) is 7. The first-order valence-electron chi connectivity index (χ1n) is 11.6. The van der Waals surface area contributed by atoms with Crippen LogP contribution in [0.5, 0.6) is 0 Å². The molecule has 13 heteroatoms. The summed E-state index contributed by atoms with van der Waals surface area (Å²) < 4.78 is 69.8. The number of aromatic nitrogens is 2. The van der Waals surface area contributed by atoms with Gasteiger partial charge in [-0.05, 0) is 35.6 Å². The van der Waals surface area contributed by atoms with E-state index in [1.54, 1.807) is 47.8 Å². The predicted molar refractivity (Wildman–Crippen MR) is 138 cm³/mol. The van der Waals surface area contributed by atoms with E-state index in [2.05, 4.69) is 15.5 Å². The predicted octanol–water partition coefficient (Wildman–Crippen LogP) is 3.55. The van der Waals surface area contributed by atoms with Crippen LogP contribution in [0.3, 0.4) is 0 Å². The van der Waals surface area contributed by atoms with Crippen LogP contribution in [-0.2, 0) is 23.0 Å². The molecule has 1 amide bonds. The third-order valence-electron chi connectivity index (χ3n) is 5.82. The van der Waals surface area contributed by atoms with Gasteiger partial charge >= 0.3 is 0 Å². The number of rotatable bonds is 11. The number of thiophene rings is 1. The largest absolute Gasteiger partial charge is 0.390 e. The van der Waals surface area contributed by atoms with E-state index in [0.29, 0.717) is 4.88 Å². The molecule has 0 bridgehead atoms.